The highest BCUT2D eigenvalue weighted by atomic mass is 16.5. The van der Waals surface area contributed by atoms with Crippen LogP contribution in [0.25, 0.3) is 0 Å². The number of nitrogens with two attached hydrogens (primary N) is 1. The topological polar surface area (TPSA) is 414 Å². The Hall–Kier alpha value is -8.04. The molecule has 2 fully saturated rings. The number of ketones is 1. The number of carbonyl (C=O) groups excluding carboxylic acids is 10. The number of likely N-dealkylation sites (N-methyl/N-ethyl adjacent to an activating group) is 1. The fourth-order valence-electron chi connectivity index (χ4n) is 9.60. The average Bonchev–Trinajstić information content (AvgIpc) is 3.52. The molecule has 8 amide bonds. The number of phenolic OH excluding ortho intramolecular Hbond substituents is 2. The first-order valence-electron chi connectivity index (χ1n) is 26.8. The number of nitrogens with zero attached hydrogens (tertiary/aromatic N) is 2. The average molecular weight is 1150 g/mol. The maximum Gasteiger partial charge on any atom is 0.331 e. The van der Waals surface area contributed by atoms with Crippen LogP contribution in [0, 0.1) is 5.92 Å². The summed E-state index contributed by atoms with van der Waals surface area (Å²) >= 11 is 0. The summed E-state index contributed by atoms with van der Waals surface area (Å²) in [5.74, 6) is -12.6. The monoisotopic (exact) mass is 1150 g/mol. The Morgan fingerprint density at radius 3 is 1.93 bits per heavy atom. The summed E-state index contributed by atoms with van der Waals surface area (Å²) in [5, 5.41) is 87.0. The normalized spacial score (nSPS) is 24.6. The Balaban J connectivity index is 1.59. The molecule has 82 heavy (non-hydrogen) atoms. The van der Waals surface area contributed by atoms with Crippen LogP contribution in [0.2, 0.25) is 0 Å². The summed E-state index contributed by atoms with van der Waals surface area (Å²) in [6, 6.07) is 6.42. The molecule has 3 aromatic carbocycles. The zero-order valence-electron chi connectivity index (χ0n) is 46.0. The van der Waals surface area contributed by atoms with Crippen LogP contribution < -0.4 is 32.3 Å². The van der Waals surface area contributed by atoms with Crippen LogP contribution in [-0.2, 0) is 71.9 Å². The molecule has 26 heteroatoms. The molecular weight excluding hydrogens is 1070 g/mol. The van der Waals surface area contributed by atoms with Crippen molar-refractivity contribution in [1.82, 2.24) is 36.4 Å². The number of amides is 8. The molecule has 3 unspecified atom stereocenters. The van der Waals surface area contributed by atoms with E-state index in [1.54, 1.807) is 30.3 Å². The van der Waals surface area contributed by atoms with Crippen LogP contribution in [0.1, 0.15) is 82.9 Å². The molecule has 0 aromatic heterocycles. The molecule has 3 aromatic rings. The minimum atomic E-state index is -2.08. The van der Waals surface area contributed by atoms with Crippen molar-refractivity contribution in [1.29, 1.82) is 0 Å². The molecule has 2 aliphatic rings. The SMILES string of the molecule is CC[C@H](O)[C@@H]1NC(=O)[C@H](Cc2ccccc2)N(C)C(=O)C([C@@H](C)O)N2C(=O)[C@@H](CC[C@H]2O)CC(=O)C(Cc2ccc(O)cc2)NC(=O)C(NC(=O)[C@H](CCC(N)=O)NC(=O)[C@@H](NC(=O)[C@H](O)Cc2ccc(O)cc2)[C@@H](C)O)[C@@H](C)OC1=O. The van der Waals surface area contributed by atoms with Crippen molar-refractivity contribution in [2.45, 2.75) is 165 Å². The number of rotatable bonds is 19. The number of Topliss-reactive ketones (excluding diaryl/α,β-unsaturated/α-hetero) is 1. The number of esters is 1. The zero-order valence-corrected chi connectivity index (χ0v) is 46.0. The molecule has 0 saturated carbocycles. The van der Waals surface area contributed by atoms with Crippen LogP contribution in [0.4, 0.5) is 0 Å². The molecule has 5 rings (SSSR count). The number of ether oxygens (including phenoxy) is 1. The van der Waals surface area contributed by atoms with Gasteiger partial charge in [-0.3, -0.25) is 43.2 Å². The Bertz CT molecular complexity index is 2750. The fourth-order valence-corrected chi connectivity index (χ4v) is 9.60. The van der Waals surface area contributed by atoms with Crippen molar-refractivity contribution in [2.24, 2.45) is 11.7 Å². The lowest BCUT2D eigenvalue weighted by molar-refractivity contribution is -0.173. The number of aliphatic hydroxyl groups excluding tert-OH is 5. The van der Waals surface area contributed by atoms with Crippen molar-refractivity contribution in [3.63, 3.8) is 0 Å². The van der Waals surface area contributed by atoms with Gasteiger partial charge >= 0.3 is 5.97 Å². The van der Waals surface area contributed by atoms with Gasteiger partial charge in [-0.15, -0.1) is 0 Å². The number of hydrogen-bond acceptors (Lipinski definition) is 18. The minimum Gasteiger partial charge on any atom is -0.508 e. The Kier molecular flexibility index (Phi) is 23.4. The highest BCUT2D eigenvalue weighted by molar-refractivity contribution is 5.99. The van der Waals surface area contributed by atoms with E-state index in [0.29, 0.717) is 16.7 Å². The third-order valence-corrected chi connectivity index (χ3v) is 14.4. The van der Waals surface area contributed by atoms with Crippen molar-refractivity contribution in [3.8, 4) is 11.5 Å². The Morgan fingerprint density at radius 2 is 1.35 bits per heavy atom. The molecule has 2 bridgehead atoms. The maximum atomic E-state index is 14.9. The summed E-state index contributed by atoms with van der Waals surface area (Å²) in [5.41, 5.74) is 6.70. The first-order valence-corrected chi connectivity index (χ1v) is 26.8. The highest BCUT2D eigenvalue weighted by Gasteiger charge is 2.48. The van der Waals surface area contributed by atoms with E-state index in [-0.39, 0.29) is 50.0 Å². The molecule has 14 N–H and O–H groups in total. The van der Waals surface area contributed by atoms with E-state index in [2.05, 4.69) is 26.6 Å². The molecule has 2 aliphatic heterocycles. The van der Waals surface area contributed by atoms with E-state index in [1.807, 2.05) is 0 Å². The maximum absolute atomic E-state index is 14.9. The highest BCUT2D eigenvalue weighted by Crippen LogP contribution is 2.30. The largest absolute Gasteiger partial charge is 0.508 e. The summed E-state index contributed by atoms with van der Waals surface area (Å²) in [4.78, 5) is 143. The van der Waals surface area contributed by atoms with Gasteiger partial charge in [-0.05, 0) is 93.8 Å². The van der Waals surface area contributed by atoms with Crippen LogP contribution in [0.3, 0.4) is 0 Å². The predicted octanol–water partition coefficient (Wildman–Crippen LogP) is -2.63. The second-order valence-corrected chi connectivity index (χ2v) is 20.7. The lowest BCUT2D eigenvalue weighted by Gasteiger charge is -2.43. The molecule has 2 saturated heterocycles. The fraction of sp³-hybridized carbons (Fsp3) is 0.500. The van der Waals surface area contributed by atoms with Gasteiger partial charge in [0.1, 0.15) is 60.1 Å². The van der Waals surface area contributed by atoms with E-state index >= 15 is 0 Å². The third-order valence-electron chi connectivity index (χ3n) is 14.4. The Morgan fingerprint density at radius 1 is 0.756 bits per heavy atom. The third kappa shape index (κ3) is 17.5. The lowest BCUT2D eigenvalue weighted by atomic mass is 9.86. The summed E-state index contributed by atoms with van der Waals surface area (Å²) < 4.78 is 5.78. The molecular formula is C56H74N8O18. The van der Waals surface area contributed by atoms with Crippen molar-refractivity contribution in [3.05, 3.63) is 95.6 Å². The zero-order chi connectivity index (χ0) is 60.7. The number of fused-ring (bicyclic) bond motifs is 2. The van der Waals surface area contributed by atoms with Gasteiger partial charge in [-0.2, -0.15) is 0 Å². The van der Waals surface area contributed by atoms with Gasteiger partial charge in [0, 0.05) is 38.6 Å². The van der Waals surface area contributed by atoms with Crippen molar-refractivity contribution < 1.29 is 88.4 Å². The van der Waals surface area contributed by atoms with E-state index < -0.39 is 163 Å². The number of carbonyl (C=O) groups is 10. The van der Waals surface area contributed by atoms with Crippen LogP contribution in [-0.4, -0.2) is 191 Å². The van der Waals surface area contributed by atoms with E-state index in [9.17, 15) is 83.7 Å². The second-order valence-electron chi connectivity index (χ2n) is 20.7. The van der Waals surface area contributed by atoms with E-state index in [4.69, 9.17) is 10.5 Å². The number of phenols is 2. The van der Waals surface area contributed by atoms with Crippen LogP contribution in [0.5, 0.6) is 11.5 Å². The van der Waals surface area contributed by atoms with Gasteiger partial charge in [-0.25, -0.2) is 4.79 Å². The van der Waals surface area contributed by atoms with E-state index in [0.717, 1.165) is 23.6 Å². The number of nitrogens with one attached hydrogen (secondary N) is 5. The minimum absolute atomic E-state index is 0.0825. The molecule has 0 spiro atoms. The Labute approximate surface area is 472 Å². The summed E-state index contributed by atoms with van der Waals surface area (Å²) in [6.45, 7) is 4.87. The summed E-state index contributed by atoms with van der Waals surface area (Å²) in [6.07, 6.45) is -13.6. The second kappa shape index (κ2) is 29.6. The number of aromatic hydroxyl groups is 2. The van der Waals surface area contributed by atoms with Crippen LogP contribution in [0.15, 0.2) is 78.9 Å². The van der Waals surface area contributed by atoms with Crippen LogP contribution >= 0.6 is 0 Å². The van der Waals surface area contributed by atoms with Gasteiger partial charge in [0.2, 0.25) is 47.3 Å². The number of benzene rings is 3. The first kappa shape index (κ1) is 64.8. The molecule has 26 nitrogen and oxygen atoms in total. The van der Waals surface area contributed by atoms with E-state index in [1.165, 1.54) is 69.4 Å². The first-order chi connectivity index (χ1) is 38.7. The molecule has 0 aliphatic carbocycles. The molecule has 2 heterocycles. The molecule has 0 radical (unpaired) electrons. The number of aliphatic hydroxyl groups is 5. The molecule has 14 atom stereocenters. The molecule has 446 valence electrons. The number of primary amides is 1. The number of cyclic esters (lactones) is 1. The van der Waals surface area contributed by atoms with Gasteiger partial charge < -0.3 is 82.6 Å². The van der Waals surface area contributed by atoms with Gasteiger partial charge in [0.15, 0.2) is 11.8 Å². The predicted molar refractivity (Wildman–Crippen MR) is 289 cm³/mol. The van der Waals surface area contributed by atoms with Crippen molar-refractivity contribution in [2.75, 3.05) is 7.05 Å². The van der Waals surface area contributed by atoms with Gasteiger partial charge in [0.05, 0.1) is 24.4 Å². The quantitative estimate of drug-likeness (QED) is 0.0546. The van der Waals surface area contributed by atoms with Crippen molar-refractivity contribution >= 4 is 59.0 Å². The standard InChI is InChI=1S/C56H74N8O18/c1-6-40(69)47-56(81)82-30(4)46(61-49(74)37(21-22-43(57)72)58-52(77)45(28(2)65)60-51(76)42(71)26-33-14-19-36(68)20-15-33)53(78)59-38(24-32-12-17-35(67)18-13-32)41(70)27-34-16-23-44(73)64(54(34)79)48(29(3)66)55(80)63(5)39(50(75)62-47)25-31-10-8-7-9-11-31/h7-15,17-20,28-30,34,37-40,42,44-48,65-69,71,73H,6,16,21-27H2,1-5H3,(H2,57,72)(H,58,77)(H,59,78)(H,60,76)(H,61,74)(H,62,75)/t28-,29-,30-,34+,37+,38?,39+,40+,42-,44-,45+,46?,47+,48?/m1/s1. The van der Waals surface area contributed by atoms with Gasteiger partial charge in [0.25, 0.3) is 0 Å². The van der Waals surface area contributed by atoms with Gasteiger partial charge in [-0.1, -0.05) is 61.5 Å². The smallest absolute Gasteiger partial charge is 0.331 e. The number of hydrogen-bond donors (Lipinski definition) is 13. The summed E-state index contributed by atoms with van der Waals surface area (Å²) in [7, 11) is 1.20. The number of piperidine rings is 1. The lowest BCUT2D eigenvalue weighted by Crippen LogP contribution is -2.64.